The summed E-state index contributed by atoms with van der Waals surface area (Å²) in [7, 11) is -5.34. The molecule has 0 unspecified atom stereocenters. The van der Waals surface area contributed by atoms with Crippen molar-refractivity contribution in [3.8, 4) is 0 Å². The van der Waals surface area contributed by atoms with Crippen molar-refractivity contribution in [1.29, 1.82) is 0 Å². The van der Waals surface area contributed by atoms with Crippen molar-refractivity contribution < 1.29 is 51.4 Å². The molecule has 0 bridgehead atoms. The van der Waals surface area contributed by atoms with Gasteiger partial charge in [-0.1, -0.05) is 6.42 Å². The lowest BCUT2D eigenvalue weighted by Gasteiger charge is -2.28. The maximum Gasteiger partial charge on any atom is 0.490 e. The zero-order valence-corrected chi connectivity index (χ0v) is 19.1. The number of aliphatic carboxylic acids is 2. The first-order chi connectivity index (χ1) is 15.5. The Bertz CT molecular complexity index is 860. The van der Waals surface area contributed by atoms with Crippen molar-refractivity contribution in [1.82, 2.24) is 8.61 Å². The largest absolute Gasteiger partial charge is 0.490 e. The van der Waals surface area contributed by atoms with Gasteiger partial charge in [0.1, 0.15) is 5.54 Å². The quantitative estimate of drug-likeness (QED) is 0.187. The summed E-state index contributed by atoms with van der Waals surface area (Å²) in [6.45, 7) is 0.138. The van der Waals surface area contributed by atoms with Gasteiger partial charge in [0.2, 0.25) is 0 Å². The van der Waals surface area contributed by atoms with Gasteiger partial charge in [0.25, 0.3) is 10.2 Å². The molecule has 3 aliphatic rings. The van der Waals surface area contributed by atoms with Crippen molar-refractivity contribution in [3.63, 3.8) is 0 Å². The molecule has 17 heteroatoms. The molecule has 196 valence electrons. The van der Waals surface area contributed by atoms with Crippen LogP contribution >= 0.6 is 0 Å². The third-order valence-electron chi connectivity index (χ3n) is 6.18. The summed E-state index contributed by atoms with van der Waals surface area (Å²) in [6.07, 6.45) is -1.74. The number of carboxylic acids is 2. The van der Waals surface area contributed by atoms with Crippen molar-refractivity contribution in [2.45, 2.75) is 62.2 Å². The van der Waals surface area contributed by atoms with E-state index in [-0.39, 0.29) is 31.5 Å². The van der Waals surface area contributed by atoms with E-state index in [1.807, 2.05) is 0 Å². The molecule has 34 heavy (non-hydrogen) atoms. The summed E-state index contributed by atoms with van der Waals surface area (Å²) < 4.78 is 60.8. The van der Waals surface area contributed by atoms with Gasteiger partial charge in [-0.25, -0.2) is 4.79 Å². The minimum Gasteiger partial charge on any atom is -0.480 e. The van der Waals surface area contributed by atoms with Crippen LogP contribution in [0.15, 0.2) is 0 Å². The Labute approximate surface area is 195 Å². The first-order valence-corrected chi connectivity index (χ1v) is 12.1. The number of hydrogen-bond acceptors (Lipinski definition) is 8. The summed E-state index contributed by atoms with van der Waals surface area (Å²) in [5, 5.41) is 34.7. The van der Waals surface area contributed by atoms with Gasteiger partial charge in [-0.2, -0.15) is 30.2 Å². The Kier molecular flexibility index (Phi) is 8.99. The van der Waals surface area contributed by atoms with Gasteiger partial charge in [-0.05, 0) is 37.9 Å². The number of nitrogens with zero attached hydrogens (tertiary/aromatic N) is 2. The number of alkyl halides is 3. The Balaban J connectivity index is 0.000000509. The highest BCUT2D eigenvalue weighted by molar-refractivity contribution is 7.86. The second-order valence-electron chi connectivity index (χ2n) is 9.04. The Morgan fingerprint density at radius 2 is 1.74 bits per heavy atom. The van der Waals surface area contributed by atoms with E-state index < -0.39 is 46.9 Å². The summed E-state index contributed by atoms with van der Waals surface area (Å²) in [5.74, 6) is -4.25. The SMILES string of the molecule is N[C@@H]1C[C@H]1N(CC1CC1)S(=O)(=O)N1C[C@H](CCCB(O)O)[C@](N)(C(=O)O)C1.O=C(O)C(F)(F)F. The van der Waals surface area contributed by atoms with Crippen LogP contribution in [-0.2, 0) is 19.8 Å². The van der Waals surface area contributed by atoms with Gasteiger partial charge in [0.05, 0.1) is 0 Å². The van der Waals surface area contributed by atoms with Gasteiger partial charge in [0, 0.05) is 37.6 Å². The van der Waals surface area contributed by atoms with E-state index in [1.54, 1.807) is 0 Å². The van der Waals surface area contributed by atoms with Gasteiger partial charge in [0.15, 0.2) is 0 Å². The monoisotopic (exact) mass is 518 g/mol. The fraction of sp³-hybridized carbons (Fsp3) is 0.882. The molecule has 8 N–H and O–H groups in total. The molecule has 3 rings (SSSR count). The Hall–Kier alpha value is -1.50. The highest BCUT2D eigenvalue weighted by atomic mass is 32.2. The van der Waals surface area contributed by atoms with E-state index in [2.05, 4.69) is 0 Å². The predicted molar refractivity (Wildman–Crippen MR) is 112 cm³/mol. The van der Waals surface area contributed by atoms with Crippen molar-refractivity contribution in [2.75, 3.05) is 19.6 Å². The molecule has 2 aliphatic carbocycles. The average Bonchev–Trinajstić information content (AvgIpc) is 3.60. The molecular weight excluding hydrogens is 488 g/mol. The summed E-state index contributed by atoms with van der Waals surface area (Å²) >= 11 is 0. The molecule has 2 saturated carbocycles. The molecule has 0 aromatic heterocycles. The molecule has 1 heterocycles. The molecule has 4 atom stereocenters. The van der Waals surface area contributed by atoms with Crippen molar-refractivity contribution >= 4 is 29.3 Å². The lowest BCUT2D eigenvalue weighted by Crippen LogP contribution is -2.55. The van der Waals surface area contributed by atoms with Crippen LogP contribution in [0.3, 0.4) is 0 Å². The molecular formula is C17H30BF3N4O8S. The molecule has 0 aromatic rings. The lowest BCUT2D eigenvalue weighted by atomic mass is 9.78. The second-order valence-corrected chi connectivity index (χ2v) is 10.9. The smallest absolute Gasteiger partial charge is 0.480 e. The molecule has 12 nitrogen and oxygen atoms in total. The average molecular weight is 518 g/mol. The van der Waals surface area contributed by atoms with Gasteiger partial charge >= 0.3 is 25.2 Å². The standard InChI is InChI=1S/C15H29BN4O6S.C2HF3O2/c17-12-6-13(12)20(7-10-3-4-10)27(25,26)19-8-11(2-1-5-16(23)24)15(18,9-19)14(21)22;3-2(4,5)1(6)7/h10-13,23-24H,1-9,17-18H2,(H,21,22);(H,6,7)/t11-,12+,13+,15-;/m0./s1. The number of halogens is 3. The number of rotatable bonds is 10. The summed E-state index contributed by atoms with van der Waals surface area (Å²) in [5.41, 5.74) is 10.3. The Morgan fingerprint density at radius 1 is 1.21 bits per heavy atom. The van der Waals surface area contributed by atoms with Crippen LogP contribution in [0.5, 0.6) is 0 Å². The highest BCUT2D eigenvalue weighted by Crippen LogP contribution is 2.39. The number of nitrogens with two attached hydrogens (primary N) is 2. The van der Waals surface area contributed by atoms with Crippen LogP contribution in [0.1, 0.15) is 32.1 Å². The van der Waals surface area contributed by atoms with Gasteiger partial charge in [-0.15, -0.1) is 0 Å². The zero-order valence-electron chi connectivity index (χ0n) is 18.3. The third-order valence-corrected chi connectivity index (χ3v) is 8.12. The molecule has 1 saturated heterocycles. The number of carboxylic acid groups (broad SMARTS) is 2. The van der Waals surface area contributed by atoms with Crippen LogP contribution in [0, 0.1) is 11.8 Å². The second kappa shape index (κ2) is 10.6. The lowest BCUT2D eigenvalue weighted by molar-refractivity contribution is -0.192. The Morgan fingerprint density at radius 3 is 2.12 bits per heavy atom. The van der Waals surface area contributed by atoms with Gasteiger partial charge < -0.3 is 31.7 Å². The minimum atomic E-state index is -5.08. The maximum atomic E-state index is 13.2. The molecule has 3 fully saturated rings. The predicted octanol–water partition coefficient (Wildman–Crippen LogP) is -1.36. The van der Waals surface area contributed by atoms with Crippen molar-refractivity contribution in [3.05, 3.63) is 0 Å². The first kappa shape index (κ1) is 28.7. The van der Waals surface area contributed by atoms with E-state index in [1.165, 1.54) is 8.61 Å². The molecule has 0 amide bonds. The molecule has 0 spiro atoms. The van der Waals surface area contributed by atoms with E-state index in [4.69, 9.17) is 31.4 Å². The maximum absolute atomic E-state index is 13.2. The molecule has 0 radical (unpaired) electrons. The zero-order chi connectivity index (χ0) is 26.1. The molecule has 0 aromatic carbocycles. The number of carbonyl (C=O) groups is 2. The van der Waals surface area contributed by atoms with E-state index in [0.29, 0.717) is 31.7 Å². The van der Waals surface area contributed by atoms with E-state index in [9.17, 15) is 31.5 Å². The third kappa shape index (κ3) is 7.25. The normalized spacial score (nSPS) is 29.5. The fourth-order valence-corrected chi connectivity index (χ4v) is 5.87. The number of hydrogen-bond donors (Lipinski definition) is 6. The van der Waals surface area contributed by atoms with Crippen LogP contribution < -0.4 is 11.5 Å². The minimum absolute atomic E-state index is 0.00970. The van der Waals surface area contributed by atoms with Crippen LogP contribution in [0.2, 0.25) is 6.32 Å². The molecule has 1 aliphatic heterocycles. The highest BCUT2D eigenvalue weighted by Gasteiger charge is 2.56. The van der Waals surface area contributed by atoms with Gasteiger partial charge in [-0.3, -0.25) is 4.79 Å². The van der Waals surface area contributed by atoms with E-state index >= 15 is 0 Å². The fourth-order valence-electron chi connectivity index (χ4n) is 3.84. The van der Waals surface area contributed by atoms with Crippen LogP contribution in [-0.4, -0.2) is 99.8 Å². The van der Waals surface area contributed by atoms with E-state index in [0.717, 1.165) is 12.8 Å². The van der Waals surface area contributed by atoms with Crippen LogP contribution in [0.4, 0.5) is 13.2 Å². The first-order valence-electron chi connectivity index (χ1n) is 10.7. The summed E-state index contributed by atoms with van der Waals surface area (Å²) in [6, 6.07) is -0.402. The van der Waals surface area contributed by atoms with Crippen molar-refractivity contribution in [2.24, 2.45) is 23.3 Å². The summed E-state index contributed by atoms with van der Waals surface area (Å²) in [4.78, 5) is 20.7. The van der Waals surface area contributed by atoms with Crippen LogP contribution in [0.25, 0.3) is 0 Å². The topological polar surface area (TPSA) is 208 Å².